The molecular weight excluding hydrogens is 371 g/mol. The van der Waals surface area contributed by atoms with Crippen LogP contribution >= 0.6 is 34.8 Å². The minimum Gasteiger partial charge on any atom is -0.325 e. The van der Waals surface area contributed by atoms with Crippen molar-refractivity contribution in [1.82, 2.24) is 0 Å². The summed E-state index contributed by atoms with van der Waals surface area (Å²) >= 11 is 17.7. The molecule has 2 amide bonds. The number of carbonyl (C=O) groups is 2. The van der Waals surface area contributed by atoms with E-state index in [0.29, 0.717) is 26.4 Å². The minimum absolute atomic E-state index is 0.293. The monoisotopic (exact) mass is 384 g/mol. The Labute approximate surface area is 155 Å². The largest absolute Gasteiger partial charge is 0.325 e. The third kappa shape index (κ3) is 4.41. The topological polar surface area (TPSA) is 58.2 Å². The minimum atomic E-state index is -1.33. The Hall–Kier alpha value is -1.75. The first kappa shape index (κ1) is 18.6. The van der Waals surface area contributed by atoms with Crippen LogP contribution in [0, 0.1) is 5.41 Å². The van der Waals surface area contributed by atoms with Crippen LogP contribution in [0.3, 0.4) is 0 Å². The van der Waals surface area contributed by atoms with E-state index in [1.54, 1.807) is 36.4 Å². The average Bonchev–Trinajstić information content (AvgIpc) is 2.49. The van der Waals surface area contributed by atoms with Crippen molar-refractivity contribution in [3.8, 4) is 0 Å². The van der Waals surface area contributed by atoms with E-state index in [9.17, 15) is 9.59 Å². The van der Waals surface area contributed by atoms with E-state index in [2.05, 4.69) is 10.6 Å². The molecule has 0 spiro atoms. The molecule has 0 unspecified atom stereocenters. The molecule has 2 N–H and O–H groups in total. The van der Waals surface area contributed by atoms with Crippen LogP contribution in [0.4, 0.5) is 11.4 Å². The Morgan fingerprint density at radius 1 is 0.875 bits per heavy atom. The molecule has 0 aliphatic rings. The van der Waals surface area contributed by atoms with E-state index >= 15 is 0 Å². The molecule has 7 heteroatoms. The number of amides is 2. The highest BCUT2D eigenvalue weighted by Gasteiger charge is 2.36. The van der Waals surface area contributed by atoms with Crippen LogP contribution in [0.15, 0.2) is 42.5 Å². The van der Waals surface area contributed by atoms with Gasteiger partial charge in [0.05, 0.1) is 10.7 Å². The highest BCUT2D eigenvalue weighted by Crippen LogP contribution is 2.28. The molecule has 0 atom stereocenters. The molecule has 2 rings (SSSR count). The summed E-state index contributed by atoms with van der Waals surface area (Å²) in [6.45, 7) is 3.04. The van der Waals surface area contributed by atoms with Gasteiger partial charge in [-0.1, -0.05) is 40.9 Å². The average molecular weight is 386 g/mol. The summed E-state index contributed by atoms with van der Waals surface area (Å²) in [5.41, 5.74) is -0.432. The van der Waals surface area contributed by atoms with Crippen LogP contribution < -0.4 is 10.6 Å². The molecule has 2 aromatic carbocycles. The van der Waals surface area contributed by atoms with Gasteiger partial charge in [-0.15, -0.1) is 0 Å². The molecule has 4 nitrogen and oxygen atoms in total. The maximum atomic E-state index is 12.5. The standard InChI is InChI=1S/C17H15Cl3N2O2/c1-17(2,15(23)21-12-5-3-4-10(18)8-12)16(24)22-14-7-6-11(19)9-13(14)20/h3-9H,1-2H3,(H,21,23)(H,22,24). The molecule has 24 heavy (non-hydrogen) atoms. The lowest BCUT2D eigenvalue weighted by Crippen LogP contribution is -2.41. The lowest BCUT2D eigenvalue weighted by atomic mass is 9.90. The summed E-state index contributed by atoms with van der Waals surface area (Å²) in [4.78, 5) is 24.9. The Morgan fingerprint density at radius 3 is 2.12 bits per heavy atom. The van der Waals surface area contributed by atoms with Crippen molar-refractivity contribution in [1.29, 1.82) is 0 Å². The SMILES string of the molecule is CC(C)(C(=O)Nc1cccc(Cl)c1)C(=O)Nc1ccc(Cl)cc1Cl. The van der Waals surface area contributed by atoms with Gasteiger partial charge in [0.15, 0.2) is 0 Å². The summed E-state index contributed by atoms with van der Waals surface area (Å²) in [7, 11) is 0. The first-order valence-electron chi connectivity index (χ1n) is 7.03. The van der Waals surface area contributed by atoms with Crippen molar-refractivity contribution in [2.24, 2.45) is 5.41 Å². The fourth-order valence-corrected chi connectivity index (χ4v) is 2.47. The van der Waals surface area contributed by atoms with E-state index in [1.165, 1.54) is 19.9 Å². The molecule has 0 radical (unpaired) electrons. The van der Waals surface area contributed by atoms with Crippen molar-refractivity contribution in [3.05, 3.63) is 57.5 Å². The first-order valence-corrected chi connectivity index (χ1v) is 8.17. The van der Waals surface area contributed by atoms with E-state index in [0.717, 1.165) is 0 Å². The molecule has 2 aromatic rings. The van der Waals surface area contributed by atoms with Crippen LogP contribution in [0.2, 0.25) is 15.1 Å². The third-order valence-electron chi connectivity index (χ3n) is 3.40. The van der Waals surface area contributed by atoms with E-state index in [4.69, 9.17) is 34.8 Å². The number of anilines is 2. The summed E-state index contributed by atoms with van der Waals surface area (Å²) in [5, 5.41) is 6.55. The first-order chi connectivity index (χ1) is 11.2. The van der Waals surface area contributed by atoms with Gasteiger partial charge in [-0.2, -0.15) is 0 Å². The van der Waals surface area contributed by atoms with Gasteiger partial charge in [0, 0.05) is 15.7 Å². The van der Waals surface area contributed by atoms with Crippen LogP contribution in [0.25, 0.3) is 0 Å². The molecular formula is C17H15Cl3N2O2. The summed E-state index contributed by atoms with van der Waals surface area (Å²) < 4.78 is 0. The molecule has 0 heterocycles. The van der Waals surface area contributed by atoms with Gasteiger partial charge < -0.3 is 10.6 Å². The van der Waals surface area contributed by atoms with Crippen molar-refractivity contribution < 1.29 is 9.59 Å². The molecule has 0 saturated heterocycles. The fourth-order valence-electron chi connectivity index (χ4n) is 1.83. The number of carbonyl (C=O) groups excluding carboxylic acids is 2. The highest BCUT2D eigenvalue weighted by atomic mass is 35.5. The third-order valence-corrected chi connectivity index (χ3v) is 4.18. The number of benzene rings is 2. The highest BCUT2D eigenvalue weighted by molar-refractivity contribution is 6.37. The zero-order chi connectivity index (χ0) is 17.9. The van der Waals surface area contributed by atoms with Gasteiger partial charge in [0.2, 0.25) is 11.8 Å². The van der Waals surface area contributed by atoms with Gasteiger partial charge in [-0.3, -0.25) is 9.59 Å². The van der Waals surface area contributed by atoms with Gasteiger partial charge in [0.1, 0.15) is 5.41 Å². The molecule has 0 fully saturated rings. The van der Waals surface area contributed by atoms with E-state index < -0.39 is 17.2 Å². The second-order valence-electron chi connectivity index (χ2n) is 5.67. The second-order valence-corrected chi connectivity index (χ2v) is 6.95. The zero-order valence-electron chi connectivity index (χ0n) is 13.0. The lowest BCUT2D eigenvalue weighted by Gasteiger charge is -2.23. The maximum Gasteiger partial charge on any atom is 0.239 e. The zero-order valence-corrected chi connectivity index (χ0v) is 15.3. The summed E-state index contributed by atoms with van der Waals surface area (Å²) in [6, 6.07) is 11.4. The van der Waals surface area contributed by atoms with Crippen LogP contribution in [0.5, 0.6) is 0 Å². The van der Waals surface area contributed by atoms with Crippen LogP contribution in [-0.4, -0.2) is 11.8 Å². The van der Waals surface area contributed by atoms with Crippen molar-refractivity contribution in [2.45, 2.75) is 13.8 Å². The molecule has 126 valence electrons. The quantitative estimate of drug-likeness (QED) is 0.706. The van der Waals surface area contributed by atoms with Gasteiger partial charge >= 0.3 is 0 Å². The Kier molecular flexibility index (Phi) is 5.75. The number of hydrogen-bond donors (Lipinski definition) is 2. The molecule has 0 saturated carbocycles. The van der Waals surface area contributed by atoms with E-state index in [-0.39, 0.29) is 0 Å². The second kappa shape index (κ2) is 7.43. The number of nitrogens with one attached hydrogen (secondary N) is 2. The molecule has 0 aliphatic carbocycles. The normalized spacial score (nSPS) is 11.0. The van der Waals surface area contributed by atoms with Gasteiger partial charge in [-0.25, -0.2) is 0 Å². The summed E-state index contributed by atoms with van der Waals surface area (Å²) in [6.07, 6.45) is 0. The van der Waals surface area contributed by atoms with Crippen LogP contribution in [0.1, 0.15) is 13.8 Å². The number of halogens is 3. The predicted octanol–water partition coefficient (Wildman–Crippen LogP) is 5.25. The summed E-state index contributed by atoms with van der Waals surface area (Å²) in [5.74, 6) is -0.960. The Morgan fingerprint density at radius 2 is 1.50 bits per heavy atom. The molecule has 0 aromatic heterocycles. The number of hydrogen-bond acceptors (Lipinski definition) is 2. The van der Waals surface area contributed by atoms with Crippen molar-refractivity contribution in [2.75, 3.05) is 10.6 Å². The predicted molar refractivity (Wildman–Crippen MR) is 99.0 cm³/mol. The van der Waals surface area contributed by atoms with Crippen molar-refractivity contribution in [3.63, 3.8) is 0 Å². The fraction of sp³-hybridized carbons (Fsp3) is 0.176. The Balaban J connectivity index is 2.12. The Bertz CT molecular complexity index is 791. The van der Waals surface area contributed by atoms with E-state index in [1.807, 2.05) is 0 Å². The molecule has 0 aliphatic heterocycles. The van der Waals surface area contributed by atoms with Crippen molar-refractivity contribution >= 4 is 58.0 Å². The lowest BCUT2D eigenvalue weighted by molar-refractivity contribution is -0.135. The maximum absolute atomic E-state index is 12.5. The van der Waals surface area contributed by atoms with Crippen LogP contribution in [-0.2, 0) is 9.59 Å². The van der Waals surface area contributed by atoms with Gasteiger partial charge in [0.25, 0.3) is 0 Å². The smallest absolute Gasteiger partial charge is 0.239 e. The van der Waals surface area contributed by atoms with Gasteiger partial charge in [-0.05, 0) is 50.2 Å². The number of rotatable bonds is 4. The molecule has 0 bridgehead atoms.